The number of nitrogens with zero attached hydrogens (tertiary/aromatic N) is 2. The Balaban J connectivity index is 1.69. The molecule has 2 N–H and O–H groups in total. The average Bonchev–Trinajstić information content (AvgIpc) is 2.73. The number of benzene rings is 1. The minimum atomic E-state index is -1.03. The molecule has 2 aliphatic heterocycles. The highest BCUT2D eigenvalue weighted by molar-refractivity contribution is 5.99. The summed E-state index contributed by atoms with van der Waals surface area (Å²) in [7, 11) is 1.56. The lowest BCUT2D eigenvalue weighted by atomic mass is 9.96. The van der Waals surface area contributed by atoms with Gasteiger partial charge in [0.05, 0.1) is 18.7 Å². The number of pyridine rings is 1. The average molecular weight is 433 g/mol. The Kier molecular flexibility index (Phi) is 5.26. The number of hydrogen-bond acceptors (Lipinski definition) is 5. The number of carbonyl (C=O) groups excluding carboxylic acids is 2. The van der Waals surface area contributed by atoms with Gasteiger partial charge in [-0.2, -0.15) is 0 Å². The fourth-order valence-corrected chi connectivity index (χ4v) is 4.14. The highest BCUT2D eigenvalue weighted by Crippen LogP contribution is 2.34. The van der Waals surface area contributed by atoms with Gasteiger partial charge in [-0.15, -0.1) is 0 Å². The van der Waals surface area contributed by atoms with E-state index in [-0.39, 0.29) is 29.9 Å². The van der Waals surface area contributed by atoms with Gasteiger partial charge in [-0.3, -0.25) is 14.4 Å². The molecule has 2 atom stereocenters. The number of ether oxygens (including phenoxy) is 1. The molecule has 2 amide bonds. The van der Waals surface area contributed by atoms with Crippen LogP contribution in [0.3, 0.4) is 0 Å². The van der Waals surface area contributed by atoms with Crippen LogP contribution in [0, 0.1) is 18.6 Å². The monoisotopic (exact) mass is 433 g/mol. The molecular weight excluding hydrogens is 412 g/mol. The normalized spacial score (nSPS) is 20.3. The summed E-state index contributed by atoms with van der Waals surface area (Å²) in [6.07, 6.45) is 1.74. The van der Waals surface area contributed by atoms with Crippen LogP contribution in [0.15, 0.2) is 23.1 Å². The van der Waals surface area contributed by atoms with Crippen LogP contribution in [0.25, 0.3) is 0 Å². The Hall–Kier alpha value is -3.27. The molecule has 4 rings (SSSR count). The zero-order valence-corrected chi connectivity index (χ0v) is 16.9. The smallest absolute Gasteiger partial charge is 0.274 e. The zero-order chi connectivity index (χ0) is 22.4. The third-order valence-electron chi connectivity index (χ3n) is 5.83. The van der Waals surface area contributed by atoms with E-state index in [2.05, 4.69) is 5.32 Å². The summed E-state index contributed by atoms with van der Waals surface area (Å²) in [5.41, 5.74) is -1.59. The lowest BCUT2D eigenvalue weighted by Gasteiger charge is -2.44. The van der Waals surface area contributed by atoms with E-state index >= 15 is 0 Å². The minimum Gasteiger partial charge on any atom is -0.503 e. The topological polar surface area (TPSA) is 101 Å². The van der Waals surface area contributed by atoms with Gasteiger partial charge < -0.3 is 24.6 Å². The predicted molar refractivity (Wildman–Crippen MR) is 105 cm³/mol. The van der Waals surface area contributed by atoms with Gasteiger partial charge in [0, 0.05) is 32.0 Å². The Morgan fingerprint density at radius 3 is 2.61 bits per heavy atom. The van der Waals surface area contributed by atoms with E-state index in [1.54, 1.807) is 7.05 Å². The Morgan fingerprint density at radius 1 is 1.26 bits per heavy atom. The fraction of sp³-hybridized carbons (Fsp3) is 0.381. The van der Waals surface area contributed by atoms with E-state index in [0.29, 0.717) is 18.6 Å². The maximum Gasteiger partial charge on any atom is 0.274 e. The van der Waals surface area contributed by atoms with Crippen LogP contribution < -0.4 is 10.7 Å². The van der Waals surface area contributed by atoms with Crippen LogP contribution in [-0.4, -0.2) is 52.7 Å². The molecule has 0 spiro atoms. The number of halogens is 2. The van der Waals surface area contributed by atoms with Crippen molar-refractivity contribution in [3.63, 3.8) is 0 Å². The van der Waals surface area contributed by atoms with E-state index < -0.39 is 46.7 Å². The molecule has 10 heteroatoms. The zero-order valence-electron chi connectivity index (χ0n) is 16.9. The summed E-state index contributed by atoms with van der Waals surface area (Å²) in [5, 5.41) is 12.8. The second-order valence-electron chi connectivity index (χ2n) is 7.78. The van der Waals surface area contributed by atoms with E-state index in [9.17, 15) is 28.3 Å². The molecule has 0 aliphatic carbocycles. The number of hydrogen-bond donors (Lipinski definition) is 2. The van der Waals surface area contributed by atoms with Crippen LogP contribution in [-0.2, 0) is 11.3 Å². The van der Waals surface area contributed by atoms with Gasteiger partial charge in [0.15, 0.2) is 11.4 Å². The largest absolute Gasteiger partial charge is 0.503 e. The van der Waals surface area contributed by atoms with E-state index in [1.807, 2.05) is 0 Å². The van der Waals surface area contributed by atoms with E-state index in [1.165, 1.54) is 22.6 Å². The Labute approximate surface area is 176 Å². The summed E-state index contributed by atoms with van der Waals surface area (Å²) >= 11 is 0. The van der Waals surface area contributed by atoms with Gasteiger partial charge in [-0.1, -0.05) is 0 Å². The van der Waals surface area contributed by atoms with Crippen molar-refractivity contribution in [3.05, 3.63) is 62.6 Å². The summed E-state index contributed by atoms with van der Waals surface area (Å²) in [4.78, 5) is 39.4. The molecule has 2 aliphatic rings. The molecular formula is C21H21F2N3O5. The summed E-state index contributed by atoms with van der Waals surface area (Å²) in [6.45, 7) is 1.75. The summed E-state index contributed by atoms with van der Waals surface area (Å²) in [5.74, 6) is -3.94. The maximum absolute atomic E-state index is 14.0. The lowest BCUT2D eigenvalue weighted by molar-refractivity contribution is -0.0115. The van der Waals surface area contributed by atoms with Crippen molar-refractivity contribution in [3.8, 4) is 5.75 Å². The molecule has 1 saturated heterocycles. The summed E-state index contributed by atoms with van der Waals surface area (Å²) < 4.78 is 35.0. The molecule has 31 heavy (non-hydrogen) atoms. The maximum atomic E-state index is 14.0. The van der Waals surface area contributed by atoms with Crippen LogP contribution in [0.2, 0.25) is 0 Å². The van der Waals surface area contributed by atoms with Crippen molar-refractivity contribution in [1.29, 1.82) is 0 Å². The van der Waals surface area contributed by atoms with Gasteiger partial charge in [-0.05, 0) is 31.0 Å². The first kappa shape index (κ1) is 21.0. The number of aryl methyl sites for hydroxylation is 1. The summed E-state index contributed by atoms with van der Waals surface area (Å²) in [6, 6.07) is 1.66. The first-order chi connectivity index (χ1) is 14.7. The highest BCUT2D eigenvalue weighted by atomic mass is 19.1. The molecule has 8 nitrogen and oxygen atoms in total. The second-order valence-corrected chi connectivity index (χ2v) is 7.78. The number of nitrogens with one attached hydrogen (secondary N) is 1. The first-order valence-corrected chi connectivity index (χ1v) is 9.76. The van der Waals surface area contributed by atoms with Crippen LogP contribution in [0.5, 0.6) is 5.75 Å². The number of fused-ring (bicyclic) bond motifs is 3. The molecule has 0 saturated carbocycles. The third-order valence-corrected chi connectivity index (χ3v) is 5.83. The Bertz CT molecular complexity index is 1120. The quantitative estimate of drug-likeness (QED) is 0.764. The van der Waals surface area contributed by atoms with Crippen LogP contribution in [0.4, 0.5) is 8.78 Å². The third kappa shape index (κ3) is 3.46. The molecule has 1 aromatic carbocycles. The van der Waals surface area contributed by atoms with Crippen molar-refractivity contribution in [1.82, 2.24) is 14.8 Å². The second kappa shape index (κ2) is 7.77. The molecule has 1 fully saturated rings. The lowest BCUT2D eigenvalue weighted by Crippen LogP contribution is -2.54. The number of likely N-dealkylation sites (N-methyl/N-ethyl adjacent to an activating group) is 1. The first-order valence-electron chi connectivity index (χ1n) is 9.76. The van der Waals surface area contributed by atoms with Gasteiger partial charge in [-0.25, -0.2) is 8.78 Å². The van der Waals surface area contributed by atoms with Crippen molar-refractivity contribution in [2.45, 2.75) is 32.0 Å². The molecule has 1 aromatic heterocycles. The Morgan fingerprint density at radius 2 is 1.94 bits per heavy atom. The molecule has 0 unspecified atom stereocenters. The molecule has 2 aromatic rings. The van der Waals surface area contributed by atoms with E-state index in [4.69, 9.17) is 4.74 Å². The van der Waals surface area contributed by atoms with Gasteiger partial charge in [0.1, 0.15) is 17.2 Å². The number of carbonyl (C=O) groups is 2. The van der Waals surface area contributed by atoms with Crippen molar-refractivity contribution >= 4 is 11.8 Å². The standard InChI is InChI=1S/C21H21F2N3O5/c1-10-5-13(22)11(14(23)6-10)7-24-20(29)12-8-26-15-3-4-31-9-16(15)25(2)21(30)17(26)19(28)18(12)27/h5-6,8,15-16,28H,3-4,7,9H2,1-2H3,(H,24,29)/t15-,16+/m1/s1. The molecule has 164 valence electrons. The number of rotatable bonds is 3. The van der Waals surface area contributed by atoms with Crippen molar-refractivity contribution in [2.75, 3.05) is 20.3 Å². The van der Waals surface area contributed by atoms with Crippen LogP contribution in [0.1, 0.15) is 44.4 Å². The molecule has 3 heterocycles. The van der Waals surface area contributed by atoms with Gasteiger partial charge in [0.2, 0.25) is 5.43 Å². The van der Waals surface area contributed by atoms with Crippen molar-refractivity contribution < 1.29 is 28.2 Å². The predicted octanol–water partition coefficient (Wildman–Crippen LogP) is 1.49. The fourth-order valence-electron chi connectivity index (χ4n) is 4.14. The SMILES string of the molecule is Cc1cc(F)c(CNC(=O)c2cn3c(c(O)c2=O)C(=O)N(C)[C@H]2COCC[C@H]23)c(F)c1. The molecule has 0 radical (unpaired) electrons. The molecule has 0 bridgehead atoms. The number of aromatic nitrogens is 1. The van der Waals surface area contributed by atoms with Crippen LogP contribution >= 0.6 is 0 Å². The number of amides is 2. The number of aromatic hydroxyl groups is 1. The van der Waals surface area contributed by atoms with Gasteiger partial charge in [0.25, 0.3) is 11.8 Å². The van der Waals surface area contributed by atoms with Crippen molar-refractivity contribution in [2.24, 2.45) is 0 Å². The van der Waals surface area contributed by atoms with Gasteiger partial charge >= 0.3 is 0 Å². The minimum absolute atomic E-state index is 0.192. The highest BCUT2D eigenvalue weighted by Gasteiger charge is 2.42. The van der Waals surface area contributed by atoms with E-state index in [0.717, 1.165) is 12.1 Å².